The molecule has 0 aliphatic carbocycles. The van der Waals surface area contributed by atoms with Gasteiger partial charge in [-0.15, -0.1) is 0 Å². The highest BCUT2D eigenvalue weighted by Gasteiger charge is 2.06. The summed E-state index contributed by atoms with van der Waals surface area (Å²) in [6, 6.07) is 0.301. The van der Waals surface area contributed by atoms with Crippen molar-refractivity contribution in [3.63, 3.8) is 0 Å². The quantitative estimate of drug-likeness (QED) is 0.737. The van der Waals surface area contributed by atoms with Crippen LogP contribution >= 0.6 is 23.4 Å². The van der Waals surface area contributed by atoms with Gasteiger partial charge < -0.3 is 4.74 Å². The minimum atomic E-state index is 0.186. The lowest BCUT2D eigenvalue weighted by molar-refractivity contribution is 0.307. The fourth-order valence-electron chi connectivity index (χ4n) is 0.959. The lowest BCUT2D eigenvalue weighted by atomic mass is 10.2. The number of halogens is 1. The van der Waals surface area contributed by atoms with Crippen molar-refractivity contribution < 1.29 is 4.74 Å². The van der Waals surface area contributed by atoms with Crippen LogP contribution in [0, 0.1) is 5.92 Å². The summed E-state index contributed by atoms with van der Waals surface area (Å²) in [6.45, 7) is 6.78. The molecule has 0 radical (unpaired) electrons. The van der Waals surface area contributed by atoms with E-state index in [1.807, 2.05) is 6.92 Å². The molecule has 0 aromatic carbocycles. The highest BCUT2D eigenvalue weighted by molar-refractivity contribution is 7.99. The number of aromatic nitrogens is 3. The minimum absolute atomic E-state index is 0.186. The highest BCUT2D eigenvalue weighted by Crippen LogP contribution is 2.19. The van der Waals surface area contributed by atoms with Crippen molar-refractivity contribution in [2.24, 2.45) is 5.92 Å². The Labute approximate surface area is 105 Å². The molecule has 0 N–H and O–H groups in total. The molecule has 1 aromatic rings. The normalized spacial score (nSPS) is 10.8. The Bertz CT molecular complexity index is 336. The maximum atomic E-state index is 5.77. The smallest absolute Gasteiger partial charge is 0.321 e. The molecule has 0 aliphatic rings. The van der Waals surface area contributed by atoms with Crippen LogP contribution in [0.25, 0.3) is 0 Å². The van der Waals surface area contributed by atoms with Crippen LogP contribution in [0.3, 0.4) is 0 Å². The second-order valence-corrected chi connectivity index (χ2v) is 5.03. The molecule has 6 heteroatoms. The van der Waals surface area contributed by atoms with Crippen molar-refractivity contribution in [2.75, 3.05) is 12.4 Å². The third-order valence-corrected chi connectivity index (χ3v) is 2.82. The van der Waals surface area contributed by atoms with Crippen molar-refractivity contribution in [1.82, 2.24) is 15.0 Å². The molecule has 0 unspecified atom stereocenters. The summed E-state index contributed by atoms with van der Waals surface area (Å²) < 4.78 is 5.19. The molecule has 1 rings (SSSR count). The maximum absolute atomic E-state index is 5.77. The molecule has 0 saturated heterocycles. The third kappa shape index (κ3) is 4.99. The Balaban J connectivity index is 2.58. The molecular formula is C10H16ClN3OS. The fraction of sp³-hybridized carbons (Fsp3) is 0.700. The van der Waals surface area contributed by atoms with Crippen molar-refractivity contribution >= 4 is 23.4 Å². The van der Waals surface area contributed by atoms with Crippen LogP contribution in [0.2, 0.25) is 5.28 Å². The Kier molecular flexibility index (Phi) is 5.84. The number of hydrogen-bond acceptors (Lipinski definition) is 5. The van der Waals surface area contributed by atoms with Crippen molar-refractivity contribution in [3.05, 3.63) is 5.28 Å². The summed E-state index contributed by atoms with van der Waals surface area (Å²) in [5.74, 6) is 1.65. The number of rotatable bonds is 6. The van der Waals surface area contributed by atoms with Gasteiger partial charge in [0.1, 0.15) is 0 Å². The maximum Gasteiger partial charge on any atom is 0.321 e. The van der Waals surface area contributed by atoms with Crippen LogP contribution in [0.5, 0.6) is 6.01 Å². The van der Waals surface area contributed by atoms with Gasteiger partial charge in [-0.2, -0.15) is 15.0 Å². The number of thioether (sulfide) groups is 1. The molecular weight excluding hydrogens is 246 g/mol. The summed E-state index contributed by atoms with van der Waals surface area (Å²) in [5, 5.41) is 0.814. The number of ether oxygens (including phenoxy) is 1. The van der Waals surface area contributed by atoms with Crippen molar-refractivity contribution in [1.29, 1.82) is 0 Å². The van der Waals surface area contributed by atoms with E-state index < -0.39 is 0 Å². The molecule has 90 valence electrons. The first kappa shape index (κ1) is 13.5. The third-order valence-electron chi connectivity index (χ3n) is 1.77. The molecule has 0 atom stereocenters. The Morgan fingerprint density at radius 1 is 1.31 bits per heavy atom. The van der Waals surface area contributed by atoms with Gasteiger partial charge in [-0.3, -0.25) is 0 Å². The fourth-order valence-corrected chi connectivity index (χ4v) is 2.23. The monoisotopic (exact) mass is 261 g/mol. The molecule has 0 bridgehead atoms. The predicted molar refractivity (Wildman–Crippen MR) is 66.2 cm³/mol. The minimum Gasteiger partial charge on any atom is -0.464 e. The summed E-state index contributed by atoms with van der Waals surface area (Å²) in [5.41, 5.74) is 0. The summed E-state index contributed by atoms with van der Waals surface area (Å²) in [6.07, 6.45) is 1.12. The van der Waals surface area contributed by atoms with Crippen molar-refractivity contribution in [3.8, 4) is 6.01 Å². The second kappa shape index (κ2) is 6.91. The molecule has 16 heavy (non-hydrogen) atoms. The SMILES string of the molecule is CCOc1nc(Cl)nc(SCCC(C)C)n1. The van der Waals surface area contributed by atoms with Gasteiger partial charge in [0.25, 0.3) is 0 Å². The van der Waals surface area contributed by atoms with Gasteiger partial charge in [-0.25, -0.2) is 0 Å². The van der Waals surface area contributed by atoms with E-state index in [9.17, 15) is 0 Å². The Morgan fingerprint density at radius 2 is 2.06 bits per heavy atom. The first-order valence-corrected chi connectivity index (χ1v) is 6.65. The molecule has 4 nitrogen and oxygen atoms in total. The molecule has 0 amide bonds. The topological polar surface area (TPSA) is 47.9 Å². The van der Waals surface area contributed by atoms with E-state index in [2.05, 4.69) is 28.8 Å². The van der Waals surface area contributed by atoms with Gasteiger partial charge in [0.2, 0.25) is 5.28 Å². The summed E-state index contributed by atoms with van der Waals surface area (Å²) in [7, 11) is 0. The standard InChI is InChI=1S/C10H16ClN3OS/c1-4-15-9-12-8(11)13-10(14-9)16-6-5-7(2)3/h7H,4-6H2,1-3H3. The van der Waals surface area contributed by atoms with E-state index in [0.717, 1.165) is 12.2 Å². The molecule has 1 heterocycles. The summed E-state index contributed by atoms with van der Waals surface area (Å²) >= 11 is 7.35. The van der Waals surface area contributed by atoms with E-state index in [4.69, 9.17) is 16.3 Å². The average Bonchev–Trinajstić information content (AvgIpc) is 2.16. The molecule has 0 aliphatic heterocycles. The molecule has 0 fully saturated rings. The zero-order valence-corrected chi connectivity index (χ0v) is 11.3. The zero-order chi connectivity index (χ0) is 12.0. The Morgan fingerprint density at radius 3 is 2.69 bits per heavy atom. The van der Waals surface area contributed by atoms with Gasteiger partial charge in [0.15, 0.2) is 5.16 Å². The van der Waals surface area contributed by atoms with Crippen LogP contribution in [-0.2, 0) is 0 Å². The lowest BCUT2D eigenvalue weighted by Crippen LogP contribution is -2.01. The van der Waals surface area contributed by atoms with E-state index in [1.165, 1.54) is 0 Å². The van der Waals surface area contributed by atoms with E-state index in [-0.39, 0.29) is 5.28 Å². The molecule has 0 spiro atoms. The van der Waals surface area contributed by atoms with E-state index >= 15 is 0 Å². The largest absolute Gasteiger partial charge is 0.464 e. The molecule has 1 aromatic heterocycles. The zero-order valence-electron chi connectivity index (χ0n) is 9.73. The first-order valence-electron chi connectivity index (χ1n) is 5.29. The second-order valence-electron chi connectivity index (χ2n) is 3.63. The van der Waals surface area contributed by atoms with Gasteiger partial charge in [0, 0.05) is 5.75 Å². The Hall–Kier alpha value is -0.550. The van der Waals surface area contributed by atoms with E-state index in [1.54, 1.807) is 11.8 Å². The van der Waals surface area contributed by atoms with Gasteiger partial charge in [-0.1, -0.05) is 25.6 Å². The van der Waals surface area contributed by atoms with E-state index in [0.29, 0.717) is 23.7 Å². The van der Waals surface area contributed by atoms with Crippen molar-refractivity contribution in [2.45, 2.75) is 32.3 Å². The van der Waals surface area contributed by atoms with Crippen LogP contribution in [0.4, 0.5) is 0 Å². The predicted octanol–water partition coefficient (Wildman–Crippen LogP) is 3.06. The van der Waals surface area contributed by atoms with Gasteiger partial charge in [0.05, 0.1) is 6.61 Å². The van der Waals surface area contributed by atoms with Crippen LogP contribution in [0.15, 0.2) is 5.16 Å². The highest BCUT2D eigenvalue weighted by atomic mass is 35.5. The van der Waals surface area contributed by atoms with Crippen LogP contribution in [0.1, 0.15) is 27.2 Å². The summed E-state index contributed by atoms with van der Waals surface area (Å²) in [4.78, 5) is 12.1. The van der Waals surface area contributed by atoms with Crippen LogP contribution < -0.4 is 4.74 Å². The number of nitrogens with zero attached hydrogens (tertiary/aromatic N) is 3. The first-order chi connectivity index (χ1) is 7.61. The lowest BCUT2D eigenvalue weighted by Gasteiger charge is -2.05. The molecule has 0 saturated carbocycles. The number of hydrogen-bond donors (Lipinski definition) is 0. The van der Waals surface area contributed by atoms with Crippen LogP contribution in [-0.4, -0.2) is 27.3 Å². The van der Waals surface area contributed by atoms with Gasteiger partial charge in [-0.05, 0) is 30.9 Å². The average molecular weight is 262 g/mol. The van der Waals surface area contributed by atoms with Gasteiger partial charge >= 0.3 is 6.01 Å².